The molecule has 1 amide bonds. The summed E-state index contributed by atoms with van der Waals surface area (Å²) in [5.74, 6) is -0.997. The largest absolute Gasteiger partial charge is 0.467 e. The minimum atomic E-state index is -4.50. The van der Waals surface area contributed by atoms with Crippen molar-refractivity contribution in [3.63, 3.8) is 0 Å². The van der Waals surface area contributed by atoms with Crippen LogP contribution in [0.1, 0.15) is 29.1 Å². The predicted molar refractivity (Wildman–Crippen MR) is 77.6 cm³/mol. The van der Waals surface area contributed by atoms with Crippen LogP contribution in [0.15, 0.2) is 22.9 Å². The average molecular weight is 365 g/mol. The van der Waals surface area contributed by atoms with Gasteiger partial charge < -0.3 is 20.2 Å². The summed E-state index contributed by atoms with van der Waals surface area (Å²) in [6.45, 7) is 0.124. The van der Waals surface area contributed by atoms with Gasteiger partial charge >= 0.3 is 6.18 Å². The highest BCUT2D eigenvalue weighted by atomic mass is 35.5. The number of hydrogen-bond acceptors (Lipinski definition) is 6. The maximum absolute atomic E-state index is 12.1. The van der Waals surface area contributed by atoms with Crippen molar-refractivity contribution in [3.8, 4) is 5.88 Å². The van der Waals surface area contributed by atoms with E-state index in [-0.39, 0.29) is 22.7 Å². The quantitative estimate of drug-likeness (QED) is 0.845. The van der Waals surface area contributed by atoms with Crippen LogP contribution in [-0.4, -0.2) is 28.7 Å². The minimum absolute atomic E-state index is 0.0801. The summed E-state index contributed by atoms with van der Waals surface area (Å²) >= 11 is 5.85. The molecule has 11 heteroatoms. The van der Waals surface area contributed by atoms with Gasteiger partial charge in [0, 0.05) is 6.20 Å². The van der Waals surface area contributed by atoms with Crippen molar-refractivity contribution in [1.29, 1.82) is 0 Å². The molecule has 0 spiro atoms. The Bertz CT molecular complexity index is 735. The van der Waals surface area contributed by atoms with Gasteiger partial charge in [0.2, 0.25) is 11.6 Å². The molecule has 0 aromatic carbocycles. The number of rotatable bonds is 5. The van der Waals surface area contributed by atoms with Crippen LogP contribution in [-0.2, 0) is 0 Å². The molecule has 24 heavy (non-hydrogen) atoms. The lowest BCUT2D eigenvalue weighted by Gasteiger charge is -2.15. The van der Waals surface area contributed by atoms with Gasteiger partial charge in [0.15, 0.2) is 6.61 Å². The smallest absolute Gasteiger partial charge is 0.422 e. The SMILES string of the molecule is CC(NC(=O)c1cnc(N)o1)c1cnc(OCC(F)(F)F)c(Cl)c1. The fourth-order valence-corrected chi connectivity index (χ4v) is 1.91. The number of carbonyl (C=O) groups excluding carboxylic acids is 1. The lowest BCUT2D eigenvalue weighted by Crippen LogP contribution is -2.26. The summed E-state index contributed by atoms with van der Waals surface area (Å²) in [4.78, 5) is 19.2. The molecule has 0 saturated heterocycles. The molecule has 0 radical (unpaired) electrons. The van der Waals surface area contributed by atoms with Crippen molar-refractivity contribution < 1.29 is 27.1 Å². The van der Waals surface area contributed by atoms with Crippen molar-refractivity contribution in [2.45, 2.75) is 19.1 Å². The summed E-state index contributed by atoms with van der Waals surface area (Å²) in [6, 6.07) is 0.647. The second-order valence-corrected chi connectivity index (χ2v) is 5.12. The summed E-state index contributed by atoms with van der Waals surface area (Å²) in [6.07, 6.45) is -2.09. The van der Waals surface area contributed by atoms with Crippen LogP contribution < -0.4 is 15.8 Å². The first-order chi connectivity index (χ1) is 11.2. The topological polar surface area (TPSA) is 103 Å². The van der Waals surface area contributed by atoms with Gasteiger partial charge in [-0.3, -0.25) is 4.79 Å². The zero-order valence-corrected chi connectivity index (χ0v) is 13.0. The number of halogens is 4. The molecule has 1 atom stereocenters. The lowest BCUT2D eigenvalue weighted by atomic mass is 10.1. The van der Waals surface area contributed by atoms with E-state index in [1.165, 1.54) is 12.3 Å². The molecular weight excluding hydrogens is 353 g/mol. The Labute approximate surface area is 139 Å². The highest BCUT2D eigenvalue weighted by molar-refractivity contribution is 6.31. The predicted octanol–water partition coefficient (Wildman–Crippen LogP) is 2.74. The maximum Gasteiger partial charge on any atom is 0.422 e. The number of amides is 1. The fraction of sp³-hybridized carbons (Fsp3) is 0.308. The zero-order chi connectivity index (χ0) is 17.9. The van der Waals surface area contributed by atoms with E-state index < -0.39 is 24.7 Å². The van der Waals surface area contributed by atoms with E-state index in [1.807, 2.05) is 0 Å². The summed E-state index contributed by atoms with van der Waals surface area (Å²) in [7, 11) is 0. The van der Waals surface area contributed by atoms with E-state index in [0.29, 0.717) is 5.56 Å². The van der Waals surface area contributed by atoms with Crippen molar-refractivity contribution in [2.75, 3.05) is 12.3 Å². The number of nitrogens with one attached hydrogen (secondary N) is 1. The van der Waals surface area contributed by atoms with Gasteiger partial charge in [0.25, 0.3) is 11.9 Å². The standard InChI is InChI=1S/C13H12ClF3N4O3/c1-6(21-10(22)9-4-20-12(18)24-9)7-2-8(14)11(19-3-7)23-5-13(15,16)17/h2-4,6H,5H2,1H3,(H2,18,20)(H,21,22). The van der Waals surface area contributed by atoms with Gasteiger partial charge in [-0.2, -0.15) is 13.2 Å². The Morgan fingerprint density at radius 2 is 2.17 bits per heavy atom. The number of hydrogen-bond donors (Lipinski definition) is 2. The Balaban J connectivity index is 2.03. The molecule has 7 nitrogen and oxygen atoms in total. The van der Waals surface area contributed by atoms with Gasteiger partial charge in [-0.25, -0.2) is 9.97 Å². The third-order valence-corrected chi connectivity index (χ3v) is 3.07. The number of pyridine rings is 1. The van der Waals surface area contributed by atoms with E-state index in [4.69, 9.17) is 21.8 Å². The molecular formula is C13H12ClF3N4O3. The first-order valence-corrected chi connectivity index (χ1v) is 6.90. The molecule has 0 aliphatic heterocycles. The van der Waals surface area contributed by atoms with Gasteiger partial charge in [-0.05, 0) is 18.6 Å². The van der Waals surface area contributed by atoms with E-state index in [0.717, 1.165) is 6.20 Å². The van der Waals surface area contributed by atoms with Gasteiger partial charge in [0.05, 0.1) is 12.2 Å². The maximum atomic E-state index is 12.1. The number of anilines is 1. The van der Waals surface area contributed by atoms with Crippen LogP contribution in [0.3, 0.4) is 0 Å². The molecule has 130 valence electrons. The molecule has 1 unspecified atom stereocenters. The van der Waals surface area contributed by atoms with E-state index in [9.17, 15) is 18.0 Å². The Morgan fingerprint density at radius 3 is 2.71 bits per heavy atom. The highest BCUT2D eigenvalue weighted by Crippen LogP contribution is 2.27. The van der Waals surface area contributed by atoms with Crippen LogP contribution in [0.4, 0.5) is 19.2 Å². The number of nitrogens with two attached hydrogens (primary N) is 1. The second-order valence-electron chi connectivity index (χ2n) is 4.72. The van der Waals surface area contributed by atoms with Crippen LogP contribution in [0.5, 0.6) is 5.88 Å². The van der Waals surface area contributed by atoms with Gasteiger partial charge in [0.1, 0.15) is 5.02 Å². The average Bonchev–Trinajstić information content (AvgIpc) is 2.91. The molecule has 2 rings (SSSR count). The Kier molecular flexibility index (Phi) is 5.17. The van der Waals surface area contributed by atoms with Crippen molar-refractivity contribution in [2.24, 2.45) is 0 Å². The molecule has 2 aromatic heterocycles. The van der Waals surface area contributed by atoms with Crippen LogP contribution in [0.2, 0.25) is 5.02 Å². The normalized spacial score (nSPS) is 12.7. The highest BCUT2D eigenvalue weighted by Gasteiger charge is 2.29. The minimum Gasteiger partial charge on any atom is -0.467 e. The van der Waals surface area contributed by atoms with Crippen molar-refractivity contribution in [3.05, 3.63) is 34.8 Å². The second kappa shape index (κ2) is 6.95. The summed E-state index contributed by atoms with van der Waals surface area (Å²) < 4.78 is 45.7. The zero-order valence-electron chi connectivity index (χ0n) is 12.2. The van der Waals surface area contributed by atoms with Crippen molar-refractivity contribution >= 4 is 23.5 Å². The Morgan fingerprint density at radius 1 is 1.46 bits per heavy atom. The Hall–Kier alpha value is -2.49. The molecule has 0 aliphatic carbocycles. The van der Waals surface area contributed by atoms with E-state index >= 15 is 0 Å². The molecule has 0 bridgehead atoms. The van der Waals surface area contributed by atoms with Crippen LogP contribution in [0.25, 0.3) is 0 Å². The van der Waals surface area contributed by atoms with Crippen LogP contribution >= 0.6 is 11.6 Å². The van der Waals surface area contributed by atoms with E-state index in [1.54, 1.807) is 6.92 Å². The van der Waals surface area contributed by atoms with Gasteiger partial charge in [-0.15, -0.1) is 0 Å². The number of nitrogen functional groups attached to an aromatic ring is 1. The first-order valence-electron chi connectivity index (χ1n) is 6.53. The number of oxazole rings is 1. The molecule has 0 aliphatic rings. The van der Waals surface area contributed by atoms with Crippen LogP contribution in [0, 0.1) is 0 Å². The fourth-order valence-electron chi connectivity index (χ4n) is 1.68. The number of nitrogens with zero attached hydrogens (tertiary/aromatic N) is 2. The molecule has 2 heterocycles. The van der Waals surface area contributed by atoms with Crippen molar-refractivity contribution in [1.82, 2.24) is 15.3 Å². The first kappa shape index (κ1) is 17.9. The lowest BCUT2D eigenvalue weighted by molar-refractivity contribution is -0.154. The third-order valence-electron chi connectivity index (χ3n) is 2.80. The number of alkyl halides is 3. The number of aromatic nitrogens is 2. The molecule has 2 aromatic rings. The molecule has 3 N–H and O–H groups in total. The summed E-state index contributed by atoms with van der Waals surface area (Å²) in [5.41, 5.74) is 5.73. The number of ether oxygens (including phenoxy) is 1. The summed E-state index contributed by atoms with van der Waals surface area (Å²) in [5, 5.41) is 2.47. The number of carbonyl (C=O) groups is 1. The van der Waals surface area contributed by atoms with E-state index in [2.05, 4.69) is 20.0 Å². The molecule has 0 saturated carbocycles. The monoisotopic (exact) mass is 364 g/mol. The van der Waals surface area contributed by atoms with Gasteiger partial charge in [-0.1, -0.05) is 11.6 Å². The third kappa shape index (κ3) is 4.75. The molecule has 0 fully saturated rings.